The van der Waals surface area contributed by atoms with Crippen LogP contribution in [0, 0.1) is 16.5 Å². The summed E-state index contributed by atoms with van der Waals surface area (Å²) < 4.78 is 7.29. The molecule has 0 amide bonds. The molecule has 0 aromatic heterocycles. The molecule has 36 heavy (non-hydrogen) atoms. The van der Waals surface area contributed by atoms with Crippen LogP contribution in [0.1, 0.15) is 83.6 Å². The van der Waals surface area contributed by atoms with Gasteiger partial charge in [0.15, 0.2) is 0 Å². The third kappa shape index (κ3) is 2.97. The number of hydrogen-bond acceptors (Lipinski definition) is 2. The van der Waals surface area contributed by atoms with Gasteiger partial charge in [-0.25, -0.2) is 0 Å². The first-order valence-electron chi connectivity index (χ1n) is 14.4. The highest BCUT2D eigenvalue weighted by Crippen LogP contribution is 2.69. The van der Waals surface area contributed by atoms with Crippen molar-refractivity contribution in [2.75, 3.05) is 7.05 Å². The lowest BCUT2D eigenvalue weighted by Crippen LogP contribution is -2.59. The Balaban J connectivity index is 1.25. The SMILES string of the molecule is CC(C)[N+](C)([O-])[C@@H]1CCC2=CC3=CC[C@]4(C)[C@@H](c5ccc6ccccc6c5)CC[C@H]4[C@@]34CC[C@]2(C1)O4. The third-order valence-electron chi connectivity index (χ3n) is 11.6. The molecule has 2 heterocycles. The molecule has 3 fully saturated rings. The zero-order valence-electron chi connectivity index (χ0n) is 22.4. The van der Waals surface area contributed by atoms with Gasteiger partial charge in [0, 0.05) is 12.8 Å². The van der Waals surface area contributed by atoms with Gasteiger partial charge >= 0.3 is 0 Å². The first-order valence-corrected chi connectivity index (χ1v) is 14.4. The highest BCUT2D eigenvalue weighted by molar-refractivity contribution is 5.83. The van der Waals surface area contributed by atoms with Crippen LogP contribution < -0.4 is 0 Å². The van der Waals surface area contributed by atoms with E-state index in [1.165, 1.54) is 40.3 Å². The number of hydrogen-bond donors (Lipinski definition) is 0. The van der Waals surface area contributed by atoms with Crippen LogP contribution in [-0.2, 0) is 4.74 Å². The van der Waals surface area contributed by atoms with Gasteiger partial charge in [-0.15, -0.1) is 0 Å². The maximum absolute atomic E-state index is 13.6. The van der Waals surface area contributed by atoms with E-state index in [1.807, 2.05) is 7.05 Å². The monoisotopic (exact) mass is 483 g/mol. The molecule has 2 bridgehead atoms. The van der Waals surface area contributed by atoms with E-state index in [9.17, 15) is 5.21 Å². The van der Waals surface area contributed by atoms with Gasteiger partial charge in [-0.2, -0.15) is 0 Å². The minimum atomic E-state index is -0.210. The van der Waals surface area contributed by atoms with Gasteiger partial charge in [0.2, 0.25) is 0 Å². The maximum Gasteiger partial charge on any atom is 0.0975 e. The van der Waals surface area contributed by atoms with Crippen molar-refractivity contribution in [3.8, 4) is 0 Å². The zero-order valence-corrected chi connectivity index (χ0v) is 22.4. The van der Waals surface area contributed by atoms with Gasteiger partial charge in [-0.3, -0.25) is 0 Å². The molecule has 7 rings (SSSR count). The Morgan fingerprint density at radius 1 is 1.03 bits per heavy atom. The maximum atomic E-state index is 13.6. The molecule has 7 atom stereocenters. The van der Waals surface area contributed by atoms with Crippen molar-refractivity contribution < 1.29 is 9.38 Å². The Morgan fingerprint density at radius 3 is 2.64 bits per heavy atom. The quantitative estimate of drug-likeness (QED) is 0.329. The summed E-state index contributed by atoms with van der Waals surface area (Å²) in [5, 5.41) is 16.2. The van der Waals surface area contributed by atoms with Crippen molar-refractivity contribution >= 4 is 10.8 Å². The number of ether oxygens (including phenoxy) is 1. The van der Waals surface area contributed by atoms with Crippen LogP contribution in [0.4, 0.5) is 0 Å². The van der Waals surface area contributed by atoms with Crippen LogP contribution in [0.5, 0.6) is 0 Å². The average molecular weight is 484 g/mol. The lowest BCUT2D eigenvalue weighted by molar-refractivity contribution is -0.909. The first kappa shape index (κ1) is 23.2. The van der Waals surface area contributed by atoms with Gasteiger partial charge in [0.25, 0.3) is 0 Å². The summed E-state index contributed by atoms with van der Waals surface area (Å²) in [4.78, 5) is 0. The summed E-state index contributed by atoms with van der Waals surface area (Å²) in [6.07, 6.45) is 13.8. The first-order chi connectivity index (χ1) is 17.2. The molecule has 2 aromatic carbocycles. The van der Waals surface area contributed by atoms with E-state index in [2.05, 4.69) is 75.4 Å². The minimum Gasteiger partial charge on any atom is -0.633 e. The van der Waals surface area contributed by atoms with Crippen LogP contribution in [0.15, 0.2) is 65.8 Å². The van der Waals surface area contributed by atoms with E-state index in [-0.39, 0.29) is 33.3 Å². The molecular weight excluding hydrogens is 442 g/mol. The molecule has 2 aromatic rings. The van der Waals surface area contributed by atoms with E-state index in [0.29, 0.717) is 11.8 Å². The molecule has 2 saturated carbocycles. The molecule has 3 heteroatoms. The smallest absolute Gasteiger partial charge is 0.0975 e. The molecule has 0 radical (unpaired) electrons. The Morgan fingerprint density at radius 2 is 1.83 bits per heavy atom. The number of quaternary nitrogens is 1. The van der Waals surface area contributed by atoms with Crippen molar-refractivity contribution in [3.63, 3.8) is 0 Å². The molecule has 2 spiro atoms. The molecule has 1 saturated heterocycles. The van der Waals surface area contributed by atoms with Crippen LogP contribution in [0.3, 0.4) is 0 Å². The normalized spacial score (nSPS) is 40.8. The largest absolute Gasteiger partial charge is 0.633 e. The van der Waals surface area contributed by atoms with Gasteiger partial charge < -0.3 is 14.6 Å². The number of allylic oxidation sites excluding steroid dienone is 1. The topological polar surface area (TPSA) is 32.3 Å². The number of benzene rings is 2. The summed E-state index contributed by atoms with van der Waals surface area (Å²) in [6.45, 7) is 6.70. The Kier molecular flexibility index (Phi) is 4.87. The second kappa shape index (κ2) is 7.56. The van der Waals surface area contributed by atoms with Gasteiger partial charge in [0.1, 0.15) is 0 Å². The molecular formula is C33H41NO2. The van der Waals surface area contributed by atoms with Crippen LogP contribution in [0.2, 0.25) is 0 Å². The number of rotatable bonds is 3. The van der Waals surface area contributed by atoms with Gasteiger partial charge in [0.05, 0.1) is 30.3 Å². The van der Waals surface area contributed by atoms with Crippen molar-refractivity contribution in [1.29, 1.82) is 0 Å². The van der Waals surface area contributed by atoms with E-state index < -0.39 is 0 Å². The standard InChI is InChI=1S/C33H41NO2/c1-22(2)34(4,35)28-12-11-26-20-27-15-16-31(3)29(25-10-9-23-7-5-6-8-24(23)19-25)13-14-30(31)33(27)18-17-32(26,21-28)36-33/h5-10,15,19-20,22,28-30H,11-14,16-18,21H2,1-4H3/t28-,29-,30-,31-,32-,33-,34?/m1/s1. The Labute approximate surface area is 216 Å². The second-order valence-electron chi connectivity index (χ2n) is 13.4. The minimum absolute atomic E-state index is 0.0851. The highest BCUT2D eigenvalue weighted by Gasteiger charge is 2.67. The van der Waals surface area contributed by atoms with E-state index in [4.69, 9.17) is 4.74 Å². The molecule has 190 valence electrons. The summed E-state index contributed by atoms with van der Waals surface area (Å²) >= 11 is 0. The fourth-order valence-electron chi connectivity index (χ4n) is 9.21. The summed E-state index contributed by atoms with van der Waals surface area (Å²) in [6, 6.07) is 16.1. The van der Waals surface area contributed by atoms with Gasteiger partial charge in [-0.05, 0) is 97.1 Å². The zero-order chi connectivity index (χ0) is 24.9. The Bertz CT molecular complexity index is 1290. The van der Waals surface area contributed by atoms with Crippen molar-refractivity contribution in [1.82, 2.24) is 0 Å². The fourth-order valence-corrected chi connectivity index (χ4v) is 9.21. The number of fused-ring (bicyclic) bond motifs is 2. The van der Waals surface area contributed by atoms with E-state index >= 15 is 0 Å². The third-order valence-corrected chi connectivity index (χ3v) is 11.6. The molecule has 3 nitrogen and oxygen atoms in total. The molecule has 2 aliphatic heterocycles. The second-order valence-corrected chi connectivity index (χ2v) is 13.4. The highest BCUT2D eigenvalue weighted by atomic mass is 16.6. The number of hydroxylamine groups is 3. The summed E-state index contributed by atoms with van der Waals surface area (Å²) in [5.74, 6) is 1.10. The van der Waals surface area contributed by atoms with Crippen LogP contribution in [0.25, 0.3) is 10.8 Å². The Hall–Kier alpha value is -1.94. The predicted octanol–water partition coefficient (Wildman–Crippen LogP) is 7.80. The molecule has 3 aliphatic carbocycles. The van der Waals surface area contributed by atoms with Crippen LogP contribution in [-0.4, -0.2) is 35.0 Å². The van der Waals surface area contributed by atoms with Crippen molar-refractivity contribution in [3.05, 3.63) is 76.5 Å². The van der Waals surface area contributed by atoms with E-state index in [1.54, 1.807) is 0 Å². The summed E-state index contributed by atoms with van der Waals surface area (Å²) in [7, 11) is 1.89. The fraction of sp³-hybridized carbons (Fsp3) is 0.576. The van der Waals surface area contributed by atoms with E-state index in [0.717, 1.165) is 38.5 Å². The van der Waals surface area contributed by atoms with Crippen molar-refractivity contribution in [2.45, 2.75) is 101 Å². The summed E-state index contributed by atoms with van der Waals surface area (Å²) in [5.41, 5.74) is 4.29. The molecule has 0 N–H and O–H groups in total. The van der Waals surface area contributed by atoms with Gasteiger partial charge in [-0.1, -0.05) is 61.5 Å². The predicted molar refractivity (Wildman–Crippen MR) is 146 cm³/mol. The lowest BCUT2D eigenvalue weighted by Gasteiger charge is -2.57. The molecule has 5 aliphatic rings. The van der Waals surface area contributed by atoms with Crippen molar-refractivity contribution in [2.24, 2.45) is 11.3 Å². The average Bonchev–Trinajstić information content (AvgIpc) is 3.38. The number of nitrogens with zero attached hydrogens (tertiary/aromatic N) is 1. The lowest BCUT2D eigenvalue weighted by atomic mass is 9.58. The van der Waals surface area contributed by atoms with Crippen LogP contribution >= 0.6 is 0 Å². The molecule has 1 unspecified atom stereocenters.